The van der Waals surface area contributed by atoms with E-state index in [0.29, 0.717) is 0 Å². The molecule has 284 valence electrons. The highest BCUT2D eigenvalue weighted by atomic mass is 31.2. The molecule has 13 rings (SSSR count). The molecule has 0 spiro atoms. The molecule has 0 amide bonds. The molecule has 0 saturated carbocycles. The van der Waals surface area contributed by atoms with Gasteiger partial charge >= 0.3 is 0 Å². The van der Waals surface area contributed by atoms with Gasteiger partial charge in [-0.25, -0.2) is 0 Å². The van der Waals surface area contributed by atoms with Gasteiger partial charge in [-0.3, -0.25) is 0 Å². The van der Waals surface area contributed by atoms with Crippen molar-refractivity contribution in [2.45, 2.75) is 0 Å². The Morgan fingerprint density at radius 2 is 0.656 bits per heavy atom. The molecule has 0 atom stereocenters. The van der Waals surface area contributed by atoms with E-state index in [1.165, 1.54) is 48.5 Å². The second kappa shape index (κ2) is 13.0. The Labute approximate surface area is 351 Å². The van der Waals surface area contributed by atoms with Gasteiger partial charge in [0, 0.05) is 32.4 Å². The van der Waals surface area contributed by atoms with Crippen molar-refractivity contribution in [3.05, 3.63) is 218 Å². The molecule has 1 aromatic heterocycles. The van der Waals surface area contributed by atoms with E-state index < -0.39 is 7.14 Å². The lowest BCUT2D eigenvalue weighted by molar-refractivity contribution is 0.592. The fourth-order valence-corrected chi connectivity index (χ4v) is 12.9. The minimum Gasteiger partial charge on any atom is -0.309 e. The first-order chi connectivity index (χ1) is 30.1. The van der Waals surface area contributed by atoms with Crippen LogP contribution in [0.2, 0.25) is 0 Å². The van der Waals surface area contributed by atoms with Gasteiger partial charge in [-0.1, -0.05) is 176 Å². The van der Waals surface area contributed by atoms with Gasteiger partial charge in [0.1, 0.15) is 0 Å². The third kappa shape index (κ3) is 5.01. The average molecular weight is 794 g/mol. The van der Waals surface area contributed by atoms with Crippen molar-refractivity contribution >= 4 is 120 Å². The van der Waals surface area contributed by atoms with Crippen LogP contribution < -0.4 is 15.9 Å². The summed E-state index contributed by atoms with van der Waals surface area (Å²) in [5, 5.41) is 21.3. The van der Waals surface area contributed by atoms with Crippen molar-refractivity contribution in [2.75, 3.05) is 0 Å². The highest BCUT2D eigenvalue weighted by Gasteiger charge is 2.32. The molecule has 13 aromatic rings. The van der Waals surface area contributed by atoms with Crippen molar-refractivity contribution in [1.82, 2.24) is 4.57 Å². The molecular formula is C58H36NOP. The number of hydrogen-bond donors (Lipinski definition) is 0. The zero-order valence-electron chi connectivity index (χ0n) is 33.1. The minimum atomic E-state index is -3.52. The summed E-state index contributed by atoms with van der Waals surface area (Å²) >= 11 is 0. The molecule has 0 unspecified atom stereocenters. The number of aromatic nitrogens is 1. The third-order valence-electron chi connectivity index (χ3n) is 13.2. The molecule has 0 aliphatic heterocycles. The molecule has 0 radical (unpaired) electrons. The van der Waals surface area contributed by atoms with Gasteiger partial charge in [0.2, 0.25) is 0 Å². The quantitative estimate of drug-likeness (QED) is 0.128. The first-order valence-electron chi connectivity index (χ1n) is 20.9. The Hall–Kier alpha value is -7.51. The van der Waals surface area contributed by atoms with Gasteiger partial charge in [0.05, 0.1) is 11.0 Å². The average Bonchev–Trinajstić information content (AvgIpc) is 3.65. The summed E-state index contributed by atoms with van der Waals surface area (Å²) in [5.74, 6) is 0. The summed E-state index contributed by atoms with van der Waals surface area (Å²) in [5.41, 5.74) is 3.21. The van der Waals surface area contributed by atoms with E-state index in [9.17, 15) is 0 Å². The first-order valence-corrected chi connectivity index (χ1v) is 22.6. The van der Waals surface area contributed by atoms with E-state index in [2.05, 4.69) is 223 Å². The predicted octanol–water partition coefficient (Wildman–Crippen LogP) is 14.5. The lowest BCUT2D eigenvalue weighted by atomic mass is 9.93. The maximum atomic E-state index is 17.0. The van der Waals surface area contributed by atoms with E-state index in [1.807, 2.05) is 0 Å². The number of rotatable bonds is 4. The Morgan fingerprint density at radius 1 is 0.262 bits per heavy atom. The second-order valence-electron chi connectivity index (χ2n) is 16.4. The standard InChI is InChI=1S/C58H36NOP/c60-61(42-28-26-39-24-22-37-12-4-6-16-45(37)52(39)32-42,43-29-27-40-25-23-38-13-5-7-17-46(38)53(40)33-43)44-30-31-51-56-35-54-49-20-10-8-18-47(49)48-19-9-11-21-50(48)55(54)36-58(56)59(57(51)34-44)41-14-2-1-3-15-41/h1-36H. The fraction of sp³-hybridized carbons (Fsp3) is 0. The molecule has 0 bridgehead atoms. The highest BCUT2D eigenvalue weighted by Crippen LogP contribution is 2.47. The van der Waals surface area contributed by atoms with Crippen LogP contribution in [0.25, 0.3) is 103 Å². The zero-order valence-corrected chi connectivity index (χ0v) is 34.0. The van der Waals surface area contributed by atoms with Crippen LogP contribution >= 0.6 is 7.14 Å². The minimum absolute atomic E-state index is 0.805. The normalized spacial score (nSPS) is 12.3. The Balaban J connectivity index is 1.15. The maximum Gasteiger partial charge on any atom is 0.171 e. The van der Waals surface area contributed by atoms with Gasteiger partial charge in [0.15, 0.2) is 7.14 Å². The molecule has 3 heteroatoms. The van der Waals surface area contributed by atoms with E-state index >= 15 is 4.57 Å². The number of hydrogen-bond acceptors (Lipinski definition) is 1. The summed E-state index contributed by atoms with van der Waals surface area (Å²) in [6.45, 7) is 0. The van der Waals surface area contributed by atoms with Crippen LogP contribution in [0.3, 0.4) is 0 Å². The zero-order chi connectivity index (χ0) is 40.2. The molecule has 12 aromatic carbocycles. The van der Waals surface area contributed by atoms with Gasteiger partial charge < -0.3 is 9.13 Å². The Kier molecular flexibility index (Phi) is 7.32. The smallest absolute Gasteiger partial charge is 0.171 e. The lowest BCUT2D eigenvalue weighted by Gasteiger charge is -2.22. The van der Waals surface area contributed by atoms with Crippen LogP contribution in [-0.4, -0.2) is 4.57 Å². The summed E-state index contributed by atoms with van der Waals surface area (Å²) in [6.07, 6.45) is 0. The molecule has 0 saturated heterocycles. The molecule has 2 nitrogen and oxygen atoms in total. The Bertz CT molecular complexity index is 3910. The molecule has 0 fully saturated rings. The van der Waals surface area contributed by atoms with Gasteiger partial charge in [-0.15, -0.1) is 0 Å². The molecule has 0 aliphatic carbocycles. The molecule has 0 aliphatic rings. The van der Waals surface area contributed by atoms with Crippen LogP contribution in [0.5, 0.6) is 0 Å². The maximum absolute atomic E-state index is 17.0. The van der Waals surface area contributed by atoms with Crippen molar-refractivity contribution in [3.8, 4) is 5.69 Å². The van der Waals surface area contributed by atoms with Crippen LogP contribution in [0.15, 0.2) is 218 Å². The van der Waals surface area contributed by atoms with Crippen molar-refractivity contribution in [1.29, 1.82) is 0 Å². The van der Waals surface area contributed by atoms with Crippen LogP contribution in [0, 0.1) is 0 Å². The number of fused-ring (bicyclic) bond motifs is 15. The van der Waals surface area contributed by atoms with Crippen LogP contribution in [-0.2, 0) is 4.57 Å². The van der Waals surface area contributed by atoms with Gasteiger partial charge in [-0.05, 0) is 118 Å². The number of para-hydroxylation sites is 1. The summed E-state index contributed by atoms with van der Waals surface area (Å²) in [4.78, 5) is 0. The Morgan fingerprint density at radius 3 is 1.21 bits per heavy atom. The van der Waals surface area contributed by atoms with Crippen molar-refractivity contribution in [2.24, 2.45) is 0 Å². The van der Waals surface area contributed by atoms with Crippen LogP contribution in [0.1, 0.15) is 0 Å². The SMILES string of the molecule is O=P(c1ccc2ccc3ccccc3c2c1)(c1ccc2ccc3ccccc3c2c1)c1ccc2c3cc4c5ccccc5c5ccccc5c4cc3n(-c3ccccc3)c2c1. The highest BCUT2D eigenvalue weighted by molar-refractivity contribution is 7.85. The van der Waals surface area contributed by atoms with Crippen LogP contribution in [0.4, 0.5) is 0 Å². The number of nitrogens with zero attached hydrogens (tertiary/aromatic N) is 1. The molecule has 61 heavy (non-hydrogen) atoms. The summed E-state index contributed by atoms with van der Waals surface area (Å²) < 4.78 is 19.3. The first kappa shape index (κ1) is 34.4. The monoisotopic (exact) mass is 793 g/mol. The van der Waals surface area contributed by atoms with E-state index in [0.717, 1.165) is 70.3 Å². The largest absolute Gasteiger partial charge is 0.309 e. The summed E-state index contributed by atoms with van der Waals surface area (Å²) in [6, 6.07) is 78.1. The van der Waals surface area contributed by atoms with E-state index in [4.69, 9.17) is 0 Å². The van der Waals surface area contributed by atoms with Crippen molar-refractivity contribution < 1.29 is 4.57 Å². The second-order valence-corrected chi connectivity index (χ2v) is 19.1. The number of benzene rings is 12. The molecule has 1 heterocycles. The van der Waals surface area contributed by atoms with Crippen molar-refractivity contribution in [3.63, 3.8) is 0 Å². The summed E-state index contributed by atoms with van der Waals surface area (Å²) in [7, 11) is -3.52. The fourth-order valence-electron chi connectivity index (χ4n) is 10.3. The third-order valence-corrected chi connectivity index (χ3v) is 16.2. The van der Waals surface area contributed by atoms with E-state index in [-0.39, 0.29) is 0 Å². The molecule has 0 N–H and O–H groups in total. The molecular weight excluding hydrogens is 758 g/mol. The van der Waals surface area contributed by atoms with Gasteiger partial charge in [0.25, 0.3) is 0 Å². The van der Waals surface area contributed by atoms with Gasteiger partial charge in [-0.2, -0.15) is 0 Å². The lowest BCUT2D eigenvalue weighted by Crippen LogP contribution is -2.25. The topological polar surface area (TPSA) is 22.0 Å². The predicted molar refractivity (Wildman–Crippen MR) is 263 cm³/mol. The van der Waals surface area contributed by atoms with E-state index in [1.54, 1.807) is 0 Å².